The van der Waals surface area contributed by atoms with Crippen LogP contribution in [0.1, 0.15) is 26.3 Å². The van der Waals surface area contributed by atoms with Gasteiger partial charge in [0.05, 0.1) is 11.1 Å². The van der Waals surface area contributed by atoms with E-state index in [-0.39, 0.29) is 16.9 Å². The maximum atomic E-state index is 12.6. The smallest absolute Gasteiger partial charge is 0.257 e. The Balaban J connectivity index is 1.57. The number of methoxy groups -OCH3 is 1. The van der Waals surface area contributed by atoms with Crippen LogP contribution < -0.4 is 20.7 Å². The lowest BCUT2D eigenvalue weighted by atomic mass is 10.1. The zero-order valence-electron chi connectivity index (χ0n) is 18.7. The predicted octanol–water partition coefficient (Wildman–Crippen LogP) is 5.16. The number of hydrogen-bond acceptors (Lipinski definition) is 5. The van der Waals surface area contributed by atoms with Crippen molar-refractivity contribution in [2.45, 2.75) is 6.92 Å². The standard InChI is InChI=1S/C25H24BrN3O4S/c1-16-14-19(9-10-21(16)28-23(30)17-6-4-3-5-7-17)27-25(34)29-24(31)18-8-11-22(20(26)15-18)33-13-12-32-2/h3-11,14-15H,12-13H2,1-2H3,(H,28,30)(H2,27,29,31,34). The van der Waals surface area contributed by atoms with Crippen LogP contribution in [0.4, 0.5) is 11.4 Å². The summed E-state index contributed by atoms with van der Waals surface area (Å²) in [6.45, 7) is 2.75. The Morgan fingerprint density at radius 2 is 1.68 bits per heavy atom. The zero-order valence-corrected chi connectivity index (χ0v) is 21.1. The van der Waals surface area contributed by atoms with Crippen molar-refractivity contribution in [3.05, 3.63) is 87.9 Å². The number of hydrogen-bond donors (Lipinski definition) is 3. The summed E-state index contributed by atoms with van der Waals surface area (Å²) < 4.78 is 11.2. The highest BCUT2D eigenvalue weighted by Crippen LogP contribution is 2.26. The van der Waals surface area contributed by atoms with Crippen LogP contribution >= 0.6 is 28.1 Å². The van der Waals surface area contributed by atoms with Crippen LogP contribution in [0.25, 0.3) is 0 Å². The fourth-order valence-corrected chi connectivity index (χ4v) is 3.70. The van der Waals surface area contributed by atoms with Crippen molar-refractivity contribution in [2.24, 2.45) is 0 Å². The summed E-state index contributed by atoms with van der Waals surface area (Å²) in [4.78, 5) is 25.0. The molecule has 34 heavy (non-hydrogen) atoms. The minimum absolute atomic E-state index is 0.155. The second kappa shape index (κ2) is 12.3. The zero-order chi connectivity index (χ0) is 24.5. The van der Waals surface area contributed by atoms with Gasteiger partial charge < -0.3 is 20.1 Å². The molecule has 3 aromatic rings. The van der Waals surface area contributed by atoms with Gasteiger partial charge in [-0.05, 0) is 89.2 Å². The Kier molecular flexibility index (Phi) is 9.15. The van der Waals surface area contributed by atoms with Gasteiger partial charge in [-0.1, -0.05) is 18.2 Å². The molecular weight excluding hydrogens is 518 g/mol. The van der Waals surface area contributed by atoms with E-state index in [9.17, 15) is 9.59 Å². The van der Waals surface area contributed by atoms with Crippen molar-refractivity contribution in [1.82, 2.24) is 5.32 Å². The second-order valence-corrected chi connectivity index (χ2v) is 8.51. The molecule has 0 aliphatic heterocycles. The molecule has 0 unspecified atom stereocenters. The lowest BCUT2D eigenvalue weighted by Gasteiger charge is -2.13. The Morgan fingerprint density at radius 3 is 2.35 bits per heavy atom. The quantitative estimate of drug-likeness (QED) is 0.269. The molecule has 3 N–H and O–H groups in total. The summed E-state index contributed by atoms with van der Waals surface area (Å²) in [5.74, 6) is 0.0720. The van der Waals surface area contributed by atoms with Crippen LogP contribution in [0.15, 0.2) is 71.2 Å². The van der Waals surface area contributed by atoms with Crippen molar-refractivity contribution < 1.29 is 19.1 Å². The third-order valence-electron chi connectivity index (χ3n) is 4.73. The van der Waals surface area contributed by atoms with Crippen LogP contribution in [-0.2, 0) is 4.74 Å². The minimum atomic E-state index is -0.356. The molecule has 0 saturated heterocycles. The number of amides is 2. The van der Waals surface area contributed by atoms with Gasteiger partial charge in [-0.25, -0.2) is 0 Å². The molecular formula is C25H24BrN3O4S. The molecule has 3 aromatic carbocycles. The van der Waals surface area contributed by atoms with Crippen molar-refractivity contribution in [3.63, 3.8) is 0 Å². The largest absolute Gasteiger partial charge is 0.490 e. The van der Waals surface area contributed by atoms with Crippen LogP contribution in [0.2, 0.25) is 0 Å². The number of carbonyl (C=O) groups is 2. The van der Waals surface area contributed by atoms with Crippen molar-refractivity contribution in [3.8, 4) is 5.75 Å². The van der Waals surface area contributed by atoms with Gasteiger partial charge in [0.2, 0.25) is 0 Å². The second-order valence-electron chi connectivity index (χ2n) is 7.24. The maximum Gasteiger partial charge on any atom is 0.257 e. The van der Waals surface area contributed by atoms with Crippen LogP contribution in [0.5, 0.6) is 5.75 Å². The van der Waals surface area contributed by atoms with Gasteiger partial charge in [0.25, 0.3) is 11.8 Å². The summed E-state index contributed by atoms with van der Waals surface area (Å²) >= 11 is 8.70. The monoisotopic (exact) mass is 541 g/mol. The lowest BCUT2D eigenvalue weighted by Crippen LogP contribution is -2.34. The molecule has 0 fully saturated rings. The molecule has 0 aromatic heterocycles. The number of rotatable bonds is 8. The number of ether oxygens (including phenoxy) is 2. The average molecular weight is 542 g/mol. The molecule has 7 nitrogen and oxygen atoms in total. The fourth-order valence-electron chi connectivity index (χ4n) is 3.00. The Hall–Kier alpha value is -3.27. The van der Waals surface area contributed by atoms with E-state index in [1.807, 2.05) is 31.2 Å². The number of halogens is 1. The van der Waals surface area contributed by atoms with Crippen LogP contribution in [0.3, 0.4) is 0 Å². The molecule has 9 heteroatoms. The van der Waals surface area contributed by atoms with E-state index >= 15 is 0 Å². The molecule has 0 aliphatic carbocycles. The average Bonchev–Trinajstić information content (AvgIpc) is 2.82. The van der Waals surface area contributed by atoms with E-state index in [0.717, 1.165) is 5.56 Å². The van der Waals surface area contributed by atoms with Gasteiger partial charge in [-0.2, -0.15) is 0 Å². The first-order valence-corrected chi connectivity index (χ1v) is 11.6. The number of thiocarbonyl (C=S) groups is 1. The summed E-state index contributed by atoms with van der Waals surface area (Å²) in [6, 6.07) is 19.4. The van der Waals surface area contributed by atoms with E-state index in [1.54, 1.807) is 49.6 Å². The number of carbonyl (C=O) groups excluding carboxylic acids is 2. The van der Waals surface area contributed by atoms with E-state index in [4.69, 9.17) is 21.7 Å². The number of nitrogens with one attached hydrogen (secondary N) is 3. The molecule has 2 amide bonds. The SMILES string of the molecule is COCCOc1ccc(C(=O)NC(=S)Nc2ccc(NC(=O)c3ccccc3)c(C)c2)cc1Br. The van der Waals surface area contributed by atoms with Gasteiger partial charge in [-0.3, -0.25) is 14.9 Å². The summed E-state index contributed by atoms with van der Waals surface area (Å²) in [6.07, 6.45) is 0. The van der Waals surface area contributed by atoms with Crippen molar-refractivity contribution in [1.29, 1.82) is 0 Å². The first-order chi connectivity index (χ1) is 16.4. The Morgan fingerprint density at radius 1 is 0.912 bits per heavy atom. The van der Waals surface area contributed by atoms with Gasteiger partial charge in [-0.15, -0.1) is 0 Å². The molecule has 0 radical (unpaired) electrons. The minimum Gasteiger partial charge on any atom is -0.490 e. The molecule has 176 valence electrons. The summed E-state index contributed by atoms with van der Waals surface area (Å²) in [5.41, 5.74) is 3.21. The normalized spacial score (nSPS) is 10.3. The molecule has 0 atom stereocenters. The molecule has 0 saturated carbocycles. The number of aryl methyl sites for hydroxylation is 1. The number of benzene rings is 3. The van der Waals surface area contributed by atoms with E-state index in [0.29, 0.717) is 45.9 Å². The van der Waals surface area contributed by atoms with E-state index < -0.39 is 0 Å². The number of anilines is 2. The molecule has 0 bridgehead atoms. The van der Waals surface area contributed by atoms with Gasteiger partial charge in [0.1, 0.15) is 12.4 Å². The van der Waals surface area contributed by atoms with E-state index in [2.05, 4.69) is 31.9 Å². The first-order valence-electron chi connectivity index (χ1n) is 10.4. The highest BCUT2D eigenvalue weighted by molar-refractivity contribution is 9.10. The van der Waals surface area contributed by atoms with Gasteiger partial charge >= 0.3 is 0 Å². The van der Waals surface area contributed by atoms with Crippen LogP contribution in [-0.4, -0.2) is 37.3 Å². The third-order valence-corrected chi connectivity index (χ3v) is 5.56. The molecule has 0 aliphatic rings. The topological polar surface area (TPSA) is 88.7 Å². The highest BCUT2D eigenvalue weighted by Gasteiger charge is 2.12. The predicted molar refractivity (Wildman–Crippen MR) is 141 cm³/mol. The van der Waals surface area contributed by atoms with Crippen LogP contribution in [0, 0.1) is 6.92 Å². The molecule has 0 spiro atoms. The maximum absolute atomic E-state index is 12.6. The Bertz CT molecular complexity index is 1190. The van der Waals surface area contributed by atoms with Gasteiger partial charge in [0, 0.05) is 29.6 Å². The lowest BCUT2D eigenvalue weighted by molar-refractivity contribution is 0.0976. The first kappa shape index (κ1) is 25.4. The van der Waals surface area contributed by atoms with Gasteiger partial charge in [0.15, 0.2) is 5.11 Å². The van der Waals surface area contributed by atoms with Crippen molar-refractivity contribution >= 4 is 56.4 Å². The Labute approximate surface area is 212 Å². The van der Waals surface area contributed by atoms with Crippen molar-refractivity contribution in [2.75, 3.05) is 31.0 Å². The summed E-state index contributed by atoms with van der Waals surface area (Å²) in [7, 11) is 1.60. The molecule has 3 rings (SSSR count). The van der Waals surface area contributed by atoms with E-state index in [1.165, 1.54) is 0 Å². The highest BCUT2D eigenvalue weighted by atomic mass is 79.9. The molecule has 0 heterocycles. The fraction of sp³-hybridized carbons (Fsp3) is 0.160. The summed E-state index contributed by atoms with van der Waals surface area (Å²) in [5, 5.41) is 8.70. The third kappa shape index (κ3) is 7.11.